The van der Waals surface area contributed by atoms with Gasteiger partial charge in [0.1, 0.15) is 0 Å². The number of nitrogens with one attached hydrogen (secondary N) is 1. The van der Waals surface area contributed by atoms with E-state index in [4.69, 9.17) is 4.74 Å². The molecule has 2 rings (SSSR count). The van der Waals surface area contributed by atoms with E-state index in [2.05, 4.69) is 21.7 Å². The van der Waals surface area contributed by atoms with Crippen LogP contribution in [0.3, 0.4) is 0 Å². The number of morpholine rings is 1. The molecule has 1 aliphatic rings. The summed E-state index contributed by atoms with van der Waals surface area (Å²) in [4.78, 5) is 3.87. The zero-order chi connectivity index (χ0) is 10.5. The molecule has 84 valence electrons. The van der Waals surface area contributed by atoms with Crippen molar-refractivity contribution in [3.05, 3.63) is 21.9 Å². The molecule has 1 aromatic heterocycles. The van der Waals surface area contributed by atoms with E-state index in [1.807, 2.05) is 18.4 Å². The van der Waals surface area contributed by atoms with Crippen LogP contribution in [0.5, 0.6) is 0 Å². The van der Waals surface area contributed by atoms with E-state index in [1.165, 1.54) is 10.4 Å². The predicted molar refractivity (Wildman–Crippen MR) is 63.2 cm³/mol. The average molecular weight is 226 g/mol. The summed E-state index contributed by atoms with van der Waals surface area (Å²) in [5.41, 5.74) is 1.44. The Labute approximate surface area is 95.0 Å². The Balaban J connectivity index is 1.86. The number of thiophene rings is 1. The molecule has 0 aliphatic carbocycles. The van der Waals surface area contributed by atoms with Crippen LogP contribution in [-0.4, -0.2) is 38.3 Å². The molecule has 2 heterocycles. The highest BCUT2D eigenvalue weighted by molar-refractivity contribution is 7.10. The van der Waals surface area contributed by atoms with Crippen molar-refractivity contribution in [2.24, 2.45) is 0 Å². The zero-order valence-corrected chi connectivity index (χ0v) is 9.98. The van der Waals surface area contributed by atoms with E-state index >= 15 is 0 Å². The minimum atomic E-state index is 0.882. The SMILES string of the molecule is CNCc1cc(CN2CCOCC2)cs1. The maximum absolute atomic E-state index is 5.33. The third-order valence-electron chi connectivity index (χ3n) is 2.57. The van der Waals surface area contributed by atoms with Gasteiger partial charge in [-0.05, 0) is 24.1 Å². The average Bonchev–Trinajstić information content (AvgIpc) is 2.68. The van der Waals surface area contributed by atoms with Crippen LogP contribution in [0.25, 0.3) is 0 Å². The predicted octanol–water partition coefficient (Wildman–Crippen LogP) is 1.30. The lowest BCUT2D eigenvalue weighted by Crippen LogP contribution is -2.35. The van der Waals surface area contributed by atoms with E-state index in [1.54, 1.807) is 0 Å². The molecule has 0 bridgehead atoms. The Morgan fingerprint density at radius 2 is 2.27 bits per heavy atom. The van der Waals surface area contributed by atoms with Crippen molar-refractivity contribution in [2.45, 2.75) is 13.1 Å². The Morgan fingerprint density at radius 3 is 3.00 bits per heavy atom. The van der Waals surface area contributed by atoms with E-state index in [9.17, 15) is 0 Å². The summed E-state index contributed by atoms with van der Waals surface area (Å²) < 4.78 is 5.33. The van der Waals surface area contributed by atoms with Crippen molar-refractivity contribution in [1.29, 1.82) is 0 Å². The van der Waals surface area contributed by atoms with Crippen LogP contribution in [0, 0.1) is 0 Å². The summed E-state index contributed by atoms with van der Waals surface area (Å²) in [6.07, 6.45) is 0. The molecule has 1 aliphatic heterocycles. The van der Waals surface area contributed by atoms with Gasteiger partial charge in [-0.15, -0.1) is 11.3 Å². The van der Waals surface area contributed by atoms with E-state index in [-0.39, 0.29) is 0 Å². The van der Waals surface area contributed by atoms with Crippen molar-refractivity contribution in [1.82, 2.24) is 10.2 Å². The van der Waals surface area contributed by atoms with Crippen molar-refractivity contribution < 1.29 is 4.74 Å². The minimum Gasteiger partial charge on any atom is -0.379 e. The quantitative estimate of drug-likeness (QED) is 0.837. The van der Waals surface area contributed by atoms with Crippen molar-refractivity contribution in [3.63, 3.8) is 0 Å². The number of nitrogens with zero attached hydrogens (tertiary/aromatic N) is 1. The van der Waals surface area contributed by atoms with Crippen LogP contribution < -0.4 is 5.32 Å². The molecule has 1 aromatic rings. The molecule has 4 heteroatoms. The monoisotopic (exact) mass is 226 g/mol. The second-order valence-electron chi connectivity index (χ2n) is 3.84. The van der Waals surface area contributed by atoms with Gasteiger partial charge in [-0.1, -0.05) is 0 Å². The fraction of sp³-hybridized carbons (Fsp3) is 0.636. The third-order valence-corrected chi connectivity index (χ3v) is 3.55. The van der Waals surface area contributed by atoms with Crippen molar-refractivity contribution >= 4 is 11.3 Å². The van der Waals surface area contributed by atoms with Crippen molar-refractivity contribution in [3.8, 4) is 0 Å². The molecule has 15 heavy (non-hydrogen) atoms. The topological polar surface area (TPSA) is 24.5 Å². The van der Waals surface area contributed by atoms with Crippen LogP contribution >= 0.6 is 11.3 Å². The Bertz CT molecular complexity index is 295. The third kappa shape index (κ3) is 3.28. The second-order valence-corrected chi connectivity index (χ2v) is 4.84. The molecule has 0 saturated carbocycles. The fourth-order valence-electron chi connectivity index (χ4n) is 1.79. The smallest absolute Gasteiger partial charge is 0.0594 e. The summed E-state index contributed by atoms with van der Waals surface area (Å²) in [5, 5.41) is 5.44. The van der Waals surface area contributed by atoms with Gasteiger partial charge in [0.05, 0.1) is 13.2 Å². The highest BCUT2D eigenvalue weighted by Gasteiger charge is 2.11. The minimum absolute atomic E-state index is 0.882. The number of hydrogen-bond donors (Lipinski definition) is 1. The summed E-state index contributed by atoms with van der Waals surface area (Å²) in [7, 11) is 1.99. The molecule has 1 fully saturated rings. The summed E-state index contributed by atoms with van der Waals surface area (Å²) >= 11 is 1.84. The zero-order valence-electron chi connectivity index (χ0n) is 9.16. The van der Waals surface area contributed by atoms with E-state index in [0.29, 0.717) is 0 Å². The van der Waals surface area contributed by atoms with Gasteiger partial charge in [-0.3, -0.25) is 4.90 Å². The van der Waals surface area contributed by atoms with Gasteiger partial charge in [0.15, 0.2) is 0 Å². The molecule has 0 spiro atoms. The summed E-state index contributed by atoms with van der Waals surface area (Å²) in [6.45, 7) is 5.95. The first kappa shape index (κ1) is 11.1. The normalized spacial score (nSPS) is 18.2. The molecule has 0 unspecified atom stereocenters. The lowest BCUT2D eigenvalue weighted by molar-refractivity contribution is 0.0342. The lowest BCUT2D eigenvalue weighted by Gasteiger charge is -2.26. The molecule has 1 N–H and O–H groups in total. The molecular weight excluding hydrogens is 208 g/mol. The van der Waals surface area contributed by atoms with Crippen LogP contribution in [0.15, 0.2) is 11.4 Å². The first-order valence-electron chi connectivity index (χ1n) is 5.39. The molecule has 0 radical (unpaired) electrons. The highest BCUT2D eigenvalue weighted by Crippen LogP contribution is 2.16. The van der Waals surface area contributed by atoms with Crippen LogP contribution in [-0.2, 0) is 17.8 Å². The maximum Gasteiger partial charge on any atom is 0.0594 e. The van der Waals surface area contributed by atoms with Gasteiger partial charge in [0, 0.05) is 31.1 Å². The van der Waals surface area contributed by atoms with Crippen LogP contribution in [0.1, 0.15) is 10.4 Å². The van der Waals surface area contributed by atoms with Gasteiger partial charge < -0.3 is 10.1 Å². The van der Waals surface area contributed by atoms with Gasteiger partial charge in [0.25, 0.3) is 0 Å². The molecular formula is C11H18N2OS. The summed E-state index contributed by atoms with van der Waals surface area (Å²) in [5.74, 6) is 0. The molecule has 0 aromatic carbocycles. The highest BCUT2D eigenvalue weighted by atomic mass is 32.1. The number of hydrogen-bond acceptors (Lipinski definition) is 4. The Morgan fingerprint density at radius 1 is 1.47 bits per heavy atom. The molecule has 3 nitrogen and oxygen atoms in total. The maximum atomic E-state index is 5.33. The van der Waals surface area contributed by atoms with E-state index in [0.717, 1.165) is 39.4 Å². The molecule has 0 atom stereocenters. The second kappa shape index (κ2) is 5.61. The summed E-state index contributed by atoms with van der Waals surface area (Å²) in [6, 6.07) is 2.30. The van der Waals surface area contributed by atoms with E-state index < -0.39 is 0 Å². The fourth-order valence-corrected chi connectivity index (χ4v) is 2.69. The first-order valence-corrected chi connectivity index (χ1v) is 6.27. The van der Waals surface area contributed by atoms with Gasteiger partial charge in [0.2, 0.25) is 0 Å². The van der Waals surface area contributed by atoms with Gasteiger partial charge >= 0.3 is 0 Å². The Kier molecular flexibility index (Phi) is 4.14. The first-order chi connectivity index (χ1) is 7.38. The standard InChI is InChI=1S/C11H18N2OS/c1-12-7-11-6-10(9-15-11)8-13-2-4-14-5-3-13/h6,9,12H,2-5,7-8H2,1H3. The molecule has 1 saturated heterocycles. The van der Waals surface area contributed by atoms with Crippen molar-refractivity contribution in [2.75, 3.05) is 33.4 Å². The van der Waals surface area contributed by atoms with Crippen LogP contribution in [0.4, 0.5) is 0 Å². The van der Waals surface area contributed by atoms with Crippen LogP contribution in [0.2, 0.25) is 0 Å². The Hall–Kier alpha value is -0.420. The van der Waals surface area contributed by atoms with Gasteiger partial charge in [-0.25, -0.2) is 0 Å². The lowest BCUT2D eigenvalue weighted by atomic mass is 10.2. The largest absolute Gasteiger partial charge is 0.379 e. The number of ether oxygens (including phenoxy) is 1. The number of rotatable bonds is 4. The molecule has 0 amide bonds. The van der Waals surface area contributed by atoms with Gasteiger partial charge in [-0.2, -0.15) is 0 Å².